The topological polar surface area (TPSA) is 56.8 Å². The predicted octanol–water partition coefficient (Wildman–Crippen LogP) is 2.58. The fourth-order valence-electron chi connectivity index (χ4n) is 1.45. The number of hydrogen-bond acceptors (Lipinski definition) is 4. The molecule has 0 aliphatic carbocycles. The molecule has 5 nitrogen and oxygen atoms in total. The first-order valence-corrected chi connectivity index (χ1v) is 5.93. The summed E-state index contributed by atoms with van der Waals surface area (Å²) in [5.41, 5.74) is 0.254. The van der Waals surface area contributed by atoms with Gasteiger partial charge in [-0.25, -0.2) is 9.18 Å². The Balaban J connectivity index is 2.75. The predicted molar refractivity (Wildman–Crippen MR) is 66.9 cm³/mol. The smallest absolute Gasteiger partial charge is 0.409 e. The van der Waals surface area contributed by atoms with Gasteiger partial charge in [-0.15, -0.1) is 0 Å². The average molecular weight is 271 g/mol. The lowest BCUT2D eigenvalue weighted by Gasteiger charge is -2.23. The maximum atomic E-state index is 13.6. The minimum atomic E-state index is -0.934. The van der Waals surface area contributed by atoms with Crippen molar-refractivity contribution < 1.29 is 23.4 Å². The summed E-state index contributed by atoms with van der Waals surface area (Å²) >= 11 is 0. The van der Waals surface area contributed by atoms with Crippen molar-refractivity contribution in [3.8, 4) is 0 Å². The van der Waals surface area contributed by atoms with E-state index < -0.39 is 24.5 Å². The van der Waals surface area contributed by atoms with Crippen LogP contribution in [0.4, 0.5) is 9.18 Å². The molecule has 0 aliphatic rings. The third-order valence-electron chi connectivity index (χ3n) is 2.42. The number of methoxy groups -OCH3 is 1. The number of alkyl carbamates (subject to hydrolysis) is 1. The van der Waals surface area contributed by atoms with Gasteiger partial charge in [0.25, 0.3) is 0 Å². The molecule has 0 saturated carbocycles. The van der Waals surface area contributed by atoms with Crippen molar-refractivity contribution in [1.82, 2.24) is 5.32 Å². The minimum Gasteiger partial charge on any atom is -0.420 e. The standard InChI is InChI=1S/C13H18FNO4/c1-4-11(19-13(16)15-2)18-12(17-3)9-7-5-6-8-10(9)14/h5-8,11-12H,4H2,1-3H3,(H,15,16)/t11-,12-/m0/s1. The molecule has 1 aromatic carbocycles. The van der Waals surface area contributed by atoms with Gasteiger partial charge in [-0.05, 0) is 6.07 Å². The molecule has 6 heteroatoms. The molecule has 1 aromatic rings. The van der Waals surface area contributed by atoms with Gasteiger partial charge in [0.2, 0.25) is 6.29 Å². The number of amides is 1. The van der Waals surface area contributed by atoms with Gasteiger partial charge in [-0.2, -0.15) is 0 Å². The third-order valence-corrected chi connectivity index (χ3v) is 2.42. The molecular weight excluding hydrogens is 253 g/mol. The van der Waals surface area contributed by atoms with Gasteiger partial charge in [-0.3, -0.25) is 0 Å². The van der Waals surface area contributed by atoms with Crippen molar-refractivity contribution in [3.05, 3.63) is 35.6 Å². The van der Waals surface area contributed by atoms with E-state index in [9.17, 15) is 9.18 Å². The summed E-state index contributed by atoms with van der Waals surface area (Å²) in [6, 6.07) is 6.11. The minimum absolute atomic E-state index is 0.254. The number of ether oxygens (including phenoxy) is 3. The molecular formula is C13H18FNO4. The van der Waals surface area contributed by atoms with Gasteiger partial charge >= 0.3 is 6.09 Å². The van der Waals surface area contributed by atoms with Gasteiger partial charge < -0.3 is 19.5 Å². The normalized spacial score (nSPS) is 13.7. The maximum absolute atomic E-state index is 13.6. The Morgan fingerprint density at radius 3 is 2.63 bits per heavy atom. The summed E-state index contributed by atoms with van der Waals surface area (Å²) in [6.45, 7) is 1.78. The van der Waals surface area contributed by atoms with Crippen LogP contribution < -0.4 is 5.32 Å². The van der Waals surface area contributed by atoms with Crippen LogP contribution in [0.5, 0.6) is 0 Å². The Morgan fingerprint density at radius 1 is 1.42 bits per heavy atom. The van der Waals surface area contributed by atoms with E-state index in [2.05, 4.69) is 5.32 Å². The van der Waals surface area contributed by atoms with Crippen molar-refractivity contribution in [2.24, 2.45) is 0 Å². The highest BCUT2D eigenvalue weighted by molar-refractivity contribution is 5.66. The fraction of sp³-hybridized carbons (Fsp3) is 0.462. The Bertz CT molecular complexity index is 413. The summed E-state index contributed by atoms with van der Waals surface area (Å²) in [7, 11) is 2.84. The second kappa shape index (κ2) is 7.70. The fourth-order valence-corrected chi connectivity index (χ4v) is 1.45. The zero-order chi connectivity index (χ0) is 14.3. The van der Waals surface area contributed by atoms with Gasteiger partial charge in [0.05, 0.1) is 0 Å². The summed E-state index contributed by atoms with van der Waals surface area (Å²) in [5, 5.41) is 2.32. The van der Waals surface area contributed by atoms with E-state index in [0.29, 0.717) is 6.42 Å². The molecule has 0 bridgehead atoms. The second-order valence-electron chi connectivity index (χ2n) is 3.72. The lowest BCUT2D eigenvalue weighted by atomic mass is 10.2. The van der Waals surface area contributed by atoms with Crippen LogP contribution in [0.3, 0.4) is 0 Å². The first kappa shape index (κ1) is 15.4. The summed E-state index contributed by atoms with van der Waals surface area (Å²) in [6.07, 6.45) is -1.95. The van der Waals surface area contributed by atoms with E-state index in [-0.39, 0.29) is 5.56 Å². The molecule has 0 aliphatic heterocycles. The monoisotopic (exact) mass is 271 g/mol. The molecule has 0 spiro atoms. The van der Waals surface area contributed by atoms with E-state index in [1.807, 2.05) is 0 Å². The Kier molecular flexibility index (Phi) is 6.24. The highest BCUT2D eigenvalue weighted by Crippen LogP contribution is 2.23. The van der Waals surface area contributed by atoms with Crippen LogP contribution in [0, 0.1) is 5.82 Å². The van der Waals surface area contributed by atoms with Gasteiger partial charge in [0.1, 0.15) is 5.82 Å². The maximum Gasteiger partial charge on any atom is 0.409 e. The number of nitrogens with one attached hydrogen (secondary N) is 1. The van der Waals surface area contributed by atoms with Gasteiger partial charge in [0.15, 0.2) is 6.29 Å². The highest BCUT2D eigenvalue weighted by Gasteiger charge is 2.21. The number of carbonyl (C=O) groups is 1. The lowest BCUT2D eigenvalue weighted by molar-refractivity contribution is -0.223. The Labute approximate surface area is 111 Å². The van der Waals surface area contributed by atoms with E-state index in [4.69, 9.17) is 14.2 Å². The molecule has 0 unspecified atom stereocenters. The molecule has 0 aromatic heterocycles. The van der Waals surface area contributed by atoms with Crippen LogP contribution in [0.25, 0.3) is 0 Å². The lowest BCUT2D eigenvalue weighted by Crippen LogP contribution is -2.29. The van der Waals surface area contributed by atoms with E-state index in [0.717, 1.165) is 0 Å². The van der Waals surface area contributed by atoms with Crippen molar-refractivity contribution in [2.75, 3.05) is 14.2 Å². The molecule has 1 amide bonds. The van der Waals surface area contributed by atoms with E-state index in [1.165, 1.54) is 20.2 Å². The molecule has 0 saturated heterocycles. The molecule has 0 fully saturated rings. The zero-order valence-corrected chi connectivity index (χ0v) is 11.2. The Hall–Kier alpha value is -1.66. The van der Waals surface area contributed by atoms with Gasteiger partial charge in [-0.1, -0.05) is 25.1 Å². The molecule has 1 rings (SSSR count). The average Bonchev–Trinajstić information content (AvgIpc) is 2.44. The first-order valence-electron chi connectivity index (χ1n) is 5.93. The van der Waals surface area contributed by atoms with Crippen molar-refractivity contribution in [2.45, 2.75) is 25.9 Å². The molecule has 2 atom stereocenters. The second-order valence-corrected chi connectivity index (χ2v) is 3.72. The first-order chi connectivity index (χ1) is 9.12. The number of carbonyl (C=O) groups excluding carboxylic acids is 1. The van der Waals surface area contributed by atoms with Crippen LogP contribution >= 0.6 is 0 Å². The van der Waals surface area contributed by atoms with Crippen LogP contribution in [-0.2, 0) is 14.2 Å². The van der Waals surface area contributed by atoms with E-state index >= 15 is 0 Å². The van der Waals surface area contributed by atoms with Crippen molar-refractivity contribution in [1.29, 1.82) is 0 Å². The highest BCUT2D eigenvalue weighted by atomic mass is 19.1. The summed E-state index contributed by atoms with van der Waals surface area (Å²) < 4.78 is 29.1. The SMILES string of the molecule is CC[C@H](OC(=O)NC)O[C@H](OC)c1ccccc1F. The van der Waals surface area contributed by atoms with Crippen molar-refractivity contribution >= 4 is 6.09 Å². The number of rotatable bonds is 6. The van der Waals surface area contributed by atoms with Crippen LogP contribution in [0.2, 0.25) is 0 Å². The van der Waals surface area contributed by atoms with Crippen molar-refractivity contribution in [3.63, 3.8) is 0 Å². The Morgan fingerprint density at radius 2 is 2.11 bits per heavy atom. The number of halogens is 1. The molecule has 1 N–H and O–H groups in total. The number of benzene rings is 1. The summed E-state index contributed by atoms with van der Waals surface area (Å²) in [5.74, 6) is -0.441. The summed E-state index contributed by atoms with van der Waals surface area (Å²) in [4.78, 5) is 11.1. The van der Waals surface area contributed by atoms with E-state index in [1.54, 1.807) is 25.1 Å². The molecule has 0 heterocycles. The van der Waals surface area contributed by atoms with Crippen LogP contribution in [0.15, 0.2) is 24.3 Å². The molecule has 19 heavy (non-hydrogen) atoms. The number of hydrogen-bond donors (Lipinski definition) is 1. The quantitative estimate of drug-likeness (QED) is 0.808. The van der Waals surface area contributed by atoms with Gasteiger partial charge in [0, 0.05) is 26.1 Å². The largest absolute Gasteiger partial charge is 0.420 e. The molecule has 0 radical (unpaired) electrons. The third kappa shape index (κ3) is 4.50. The zero-order valence-electron chi connectivity index (χ0n) is 11.2. The molecule has 106 valence electrons. The van der Waals surface area contributed by atoms with Crippen LogP contribution in [0.1, 0.15) is 25.2 Å². The van der Waals surface area contributed by atoms with Crippen LogP contribution in [-0.4, -0.2) is 26.5 Å².